The molecule has 1 fully saturated rings. The number of nitrogens with zero attached hydrogens (tertiary/aromatic N) is 1. The molecule has 0 aliphatic carbocycles. The van der Waals surface area contributed by atoms with Crippen LogP contribution >= 0.6 is 0 Å². The van der Waals surface area contributed by atoms with Crippen molar-refractivity contribution in [1.82, 2.24) is 4.90 Å². The molecule has 0 aromatic heterocycles. The van der Waals surface area contributed by atoms with Crippen LogP contribution in [0.2, 0.25) is 0 Å². The Balaban J connectivity index is 2.36. The van der Waals surface area contributed by atoms with Crippen molar-refractivity contribution < 1.29 is 0 Å². The van der Waals surface area contributed by atoms with Gasteiger partial charge in [0.2, 0.25) is 0 Å². The molecule has 0 spiro atoms. The molecule has 0 saturated carbocycles. The van der Waals surface area contributed by atoms with Crippen LogP contribution in [0.4, 0.5) is 0 Å². The second kappa shape index (κ2) is 6.61. The summed E-state index contributed by atoms with van der Waals surface area (Å²) in [7, 11) is 0. The van der Waals surface area contributed by atoms with E-state index in [1.807, 2.05) is 0 Å². The fourth-order valence-electron chi connectivity index (χ4n) is 2.94. The molecular weight excluding hydrogens is 196 g/mol. The minimum absolute atomic E-state index is 0.341. The minimum atomic E-state index is 0.341. The Bertz CT molecular complexity index is 185. The van der Waals surface area contributed by atoms with Gasteiger partial charge in [0.15, 0.2) is 0 Å². The quantitative estimate of drug-likeness (QED) is 0.754. The highest BCUT2D eigenvalue weighted by Crippen LogP contribution is 2.27. The number of likely N-dealkylation sites (tertiary alicyclic amines) is 1. The first-order chi connectivity index (χ1) is 7.63. The molecule has 1 atom stereocenters. The molecule has 2 N–H and O–H groups in total. The van der Waals surface area contributed by atoms with Crippen LogP contribution in [0.25, 0.3) is 0 Å². The Morgan fingerprint density at radius 3 is 2.31 bits per heavy atom. The normalized spacial score (nSPS) is 23.2. The fourth-order valence-corrected chi connectivity index (χ4v) is 2.94. The SMILES string of the molecule is CCCC(C)(CN)CN1CCC(CC)CC1. The first-order valence-electron chi connectivity index (χ1n) is 7.06. The third kappa shape index (κ3) is 4.06. The summed E-state index contributed by atoms with van der Waals surface area (Å²) in [5.74, 6) is 0.978. The van der Waals surface area contributed by atoms with Crippen LogP contribution in [0.3, 0.4) is 0 Å². The molecule has 1 saturated heterocycles. The molecule has 1 aliphatic rings. The number of piperidine rings is 1. The molecule has 16 heavy (non-hydrogen) atoms. The molecule has 1 unspecified atom stereocenters. The maximum atomic E-state index is 5.94. The van der Waals surface area contributed by atoms with E-state index in [9.17, 15) is 0 Å². The van der Waals surface area contributed by atoms with Gasteiger partial charge in [-0.15, -0.1) is 0 Å². The van der Waals surface area contributed by atoms with Gasteiger partial charge < -0.3 is 10.6 Å². The van der Waals surface area contributed by atoms with E-state index in [2.05, 4.69) is 25.7 Å². The highest BCUT2D eigenvalue weighted by atomic mass is 15.1. The summed E-state index contributed by atoms with van der Waals surface area (Å²) in [6.07, 6.45) is 6.65. The Morgan fingerprint density at radius 2 is 1.88 bits per heavy atom. The summed E-state index contributed by atoms with van der Waals surface area (Å²) in [6, 6.07) is 0. The smallest absolute Gasteiger partial charge is 0.00474 e. The van der Waals surface area contributed by atoms with E-state index in [0.717, 1.165) is 12.5 Å². The lowest BCUT2D eigenvalue weighted by atomic mass is 9.84. The minimum Gasteiger partial charge on any atom is -0.330 e. The monoisotopic (exact) mass is 226 g/mol. The van der Waals surface area contributed by atoms with E-state index in [1.165, 1.54) is 51.7 Å². The van der Waals surface area contributed by atoms with Crippen molar-refractivity contribution in [2.24, 2.45) is 17.1 Å². The summed E-state index contributed by atoms with van der Waals surface area (Å²) >= 11 is 0. The van der Waals surface area contributed by atoms with E-state index in [4.69, 9.17) is 5.73 Å². The van der Waals surface area contributed by atoms with E-state index in [-0.39, 0.29) is 0 Å². The highest BCUT2D eigenvalue weighted by Gasteiger charge is 2.27. The van der Waals surface area contributed by atoms with Gasteiger partial charge in [0.1, 0.15) is 0 Å². The molecule has 1 rings (SSSR count). The van der Waals surface area contributed by atoms with Crippen molar-refractivity contribution in [3.05, 3.63) is 0 Å². The zero-order valence-electron chi connectivity index (χ0n) is 11.5. The fraction of sp³-hybridized carbons (Fsp3) is 1.00. The summed E-state index contributed by atoms with van der Waals surface area (Å²) in [4.78, 5) is 2.63. The summed E-state index contributed by atoms with van der Waals surface area (Å²) < 4.78 is 0. The molecule has 2 nitrogen and oxygen atoms in total. The average molecular weight is 226 g/mol. The molecule has 0 aromatic carbocycles. The summed E-state index contributed by atoms with van der Waals surface area (Å²) in [5, 5.41) is 0. The lowest BCUT2D eigenvalue weighted by molar-refractivity contribution is 0.115. The zero-order valence-corrected chi connectivity index (χ0v) is 11.5. The molecule has 0 radical (unpaired) electrons. The predicted molar refractivity (Wildman–Crippen MR) is 71.5 cm³/mol. The number of rotatable bonds is 6. The van der Waals surface area contributed by atoms with Crippen LogP contribution in [0.15, 0.2) is 0 Å². The van der Waals surface area contributed by atoms with E-state index < -0.39 is 0 Å². The van der Waals surface area contributed by atoms with Gasteiger partial charge in [0.05, 0.1) is 0 Å². The van der Waals surface area contributed by atoms with Crippen molar-refractivity contribution in [3.63, 3.8) is 0 Å². The van der Waals surface area contributed by atoms with Crippen LogP contribution < -0.4 is 5.73 Å². The molecule has 0 aromatic rings. The van der Waals surface area contributed by atoms with Gasteiger partial charge in [-0.25, -0.2) is 0 Å². The second-order valence-corrected chi connectivity index (χ2v) is 5.89. The Labute approximate surface area is 102 Å². The molecule has 2 heteroatoms. The average Bonchev–Trinajstić information content (AvgIpc) is 2.30. The van der Waals surface area contributed by atoms with Gasteiger partial charge in [-0.05, 0) is 50.2 Å². The van der Waals surface area contributed by atoms with Crippen LogP contribution in [0.1, 0.15) is 52.9 Å². The van der Waals surface area contributed by atoms with Crippen molar-refractivity contribution in [2.75, 3.05) is 26.2 Å². The first-order valence-corrected chi connectivity index (χ1v) is 7.06. The van der Waals surface area contributed by atoms with E-state index >= 15 is 0 Å². The molecule has 1 heterocycles. The Kier molecular flexibility index (Phi) is 5.77. The van der Waals surface area contributed by atoms with Crippen LogP contribution in [0, 0.1) is 11.3 Å². The number of hydrogen-bond donors (Lipinski definition) is 1. The van der Waals surface area contributed by atoms with Crippen molar-refractivity contribution in [2.45, 2.75) is 52.9 Å². The number of hydrogen-bond acceptors (Lipinski definition) is 2. The first kappa shape index (κ1) is 14.0. The summed E-state index contributed by atoms with van der Waals surface area (Å²) in [5.41, 5.74) is 6.28. The second-order valence-electron chi connectivity index (χ2n) is 5.89. The Hall–Kier alpha value is -0.0800. The topological polar surface area (TPSA) is 29.3 Å². The molecule has 0 bridgehead atoms. The third-order valence-corrected chi connectivity index (χ3v) is 4.24. The lowest BCUT2D eigenvalue weighted by Crippen LogP contribution is -2.44. The molecule has 96 valence electrons. The third-order valence-electron chi connectivity index (χ3n) is 4.24. The lowest BCUT2D eigenvalue weighted by Gasteiger charge is -2.38. The van der Waals surface area contributed by atoms with Crippen LogP contribution in [-0.4, -0.2) is 31.1 Å². The van der Waals surface area contributed by atoms with Crippen molar-refractivity contribution in [1.29, 1.82) is 0 Å². The highest BCUT2D eigenvalue weighted by molar-refractivity contribution is 4.81. The van der Waals surface area contributed by atoms with Gasteiger partial charge in [-0.3, -0.25) is 0 Å². The largest absolute Gasteiger partial charge is 0.330 e. The maximum absolute atomic E-state index is 5.94. The number of nitrogens with two attached hydrogens (primary N) is 1. The molecule has 1 aliphatic heterocycles. The Morgan fingerprint density at radius 1 is 1.25 bits per heavy atom. The van der Waals surface area contributed by atoms with Gasteiger partial charge in [-0.2, -0.15) is 0 Å². The van der Waals surface area contributed by atoms with Gasteiger partial charge in [-0.1, -0.05) is 33.6 Å². The van der Waals surface area contributed by atoms with E-state index in [0.29, 0.717) is 5.41 Å². The van der Waals surface area contributed by atoms with Gasteiger partial charge in [0, 0.05) is 6.54 Å². The summed E-state index contributed by atoms with van der Waals surface area (Å²) in [6.45, 7) is 11.5. The standard InChI is InChI=1S/C14H30N2/c1-4-8-14(3,11-15)12-16-9-6-13(5-2)7-10-16/h13H,4-12,15H2,1-3H3. The van der Waals surface area contributed by atoms with Crippen LogP contribution in [-0.2, 0) is 0 Å². The van der Waals surface area contributed by atoms with Crippen molar-refractivity contribution in [3.8, 4) is 0 Å². The van der Waals surface area contributed by atoms with Gasteiger partial charge >= 0.3 is 0 Å². The predicted octanol–water partition coefficient (Wildman–Crippen LogP) is 2.87. The van der Waals surface area contributed by atoms with Crippen molar-refractivity contribution >= 4 is 0 Å². The molecule has 0 amide bonds. The zero-order chi connectivity index (χ0) is 12.0. The van der Waals surface area contributed by atoms with E-state index in [1.54, 1.807) is 0 Å². The van der Waals surface area contributed by atoms with Gasteiger partial charge in [0.25, 0.3) is 0 Å². The van der Waals surface area contributed by atoms with Crippen LogP contribution in [0.5, 0.6) is 0 Å². The maximum Gasteiger partial charge on any atom is 0.00474 e. The molecular formula is C14H30N2.